The van der Waals surface area contributed by atoms with Gasteiger partial charge < -0.3 is 23.9 Å². The van der Waals surface area contributed by atoms with Gasteiger partial charge in [-0.15, -0.1) is 0 Å². The molecule has 3 aromatic heterocycles. The first-order valence-corrected chi connectivity index (χ1v) is 14.2. The average Bonchev–Trinajstić information content (AvgIpc) is 3.31. The van der Waals surface area contributed by atoms with Gasteiger partial charge in [-0.3, -0.25) is 9.88 Å². The Bertz CT molecular complexity index is 1530. The number of imidazole rings is 1. The van der Waals surface area contributed by atoms with Gasteiger partial charge in [0.25, 0.3) is 0 Å². The van der Waals surface area contributed by atoms with E-state index in [1.807, 2.05) is 18.2 Å². The number of pyridine rings is 2. The number of carbonyl (C=O) groups is 1. The summed E-state index contributed by atoms with van der Waals surface area (Å²) in [7, 11) is 1.54. The zero-order chi connectivity index (χ0) is 28.3. The number of fused-ring (bicyclic) bond motifs is 1. The molecule has 0 aliphatic carbocycles. The van der Waals surface area contributed by atoms with Crippen molar-refractivity contribution >= 4 is 28.6 Å². The van der Waals surface area contributed by atoms with Crippen molar-refractivity contribution in [3.63, 3.8) is 0 Å². The van der Waals surface area contributed by atoms with Crippen LogP contribution in [0.2, 0.25) is 5.02 Å². The van der Waals surface area contributed by atoms with Crippen molar-refractivity contribution in [2.75, 3.05) is 26.8 Å². The number of halogens is 1. The van der Waals surface area contributed by atoms with Crippen molar-refractivity contribution in [2.24, 2.45) is 0 Å². The highest BCUT2D eigenvalue weighted by atomic mass is 35.5. The highest BCUT2D eigenvalue weighted by Crippen LogP contribution is 2.32. The van der Waals surface area contributed by atoms with E-state index in [0.29, 0.717) is 47.8 Å². The van der Waals surface area contributed by atoms with Gasteiger partial charge in [0.15, 0.2) is 0 Å². The lowest BCUT2D eigenvalue weighted by atomic mass is 9.93. The predicted octanol–water partition coefficient (Wildman–Crippen LogP) is 4.93. The van der Waals surface area contributed by atoms with Gasteiger partial charge >= 0.3 is 5.97 Å². The lowest BCUT2D eigenvalue weighted by Gasteiger charge is -2.32. The third kappa shape index (κ3) is 6.14. The smallest absolute Gasteiger partial charge is 0.335 e. The molecule has 2 aliphatic heterocycles. The summed E-state index contributed by atoms with van der Waals surface area (Å²) in [6, 6.07) is 12.8. The van der Waals surface area contributed by atoms with Crippen molar-refractivity contribution in [3.8, 4) is 11.6 Å². The standard InChI is InChI=1S/C30H32ClN5O5/c1-39-26-14-20(30(37)38)13-25-29(26)34-27(36(25)16-23-9-12-40-23)17-35-10-7-19(8-11-35)24-3-2-4-28(33-24)41-18-22-6-5-21(31)15-32-22/h2-6,13-15,19,23H,7-12,16-18H2,1H3,(H,37,38)/t23-/m0/s1. The maximum absolute atomic E-state index is 11.8. The summed E-state index contributed by atoms with van der Waals surface area (Å²) < 4.78 is 19.3. The van der Waals surface area contributed by atoms with Crippen LogP contribution >= 0.6 is 11.6 Å². The fraction of sp³-hybridized carbons (Fsp3) is 0.400. The summed E-state index contributed by atoms with van der Waals surface area (Å²) >= 11 is 5.92. The van der Waals surface area contributed by atoms with Crippen LogP contribution in [0, 0.1) is 0 Å². The molecule has 11 heteroatoms. The Morgan fingerprint density at radius 3 is 2.66 bits per heavy atom. The number of piperidine rings is 1. The summed E-state index contributed by atoms with van der Waals surface area (Å²) in [6.45, 7) is 4.17. The Morgan fingerprint density at radius 2 is 1.98 bits per heavy atom. The first-order chi connectivity index (χ1) is 20.0. The van der Waals surface area contributed by atoms with Gasteiger partial charge in [0, 0.05) is 30.5 Å². The van der Waals surface area contributed by atoms with Crippen LogP contribution in [0.3, 0.4) is 0 Å². The molecule has 2 fully saturated rings. The molecule has 10 nitrogen and oxygen atoms in total. The Morgan fingerprint density at radius 1 is 1.15 bits per heavy atom. The fourth-order valence-electron chi connectivity index (χ4n) is 5.44. The van der Waals surface area contributed by atoms with Gasteiger partial charge in [-0.2, -0.15) is 0 Å². The van der Waals surface area contributed by atoms with Crippen molar-refractivity contribution in [3.05, 3.63) is 76.5 Å². The second-order valence-electron chi connectivity index (χ2n) is 10.5. The van der Waals surface area contributed by atoms with Crippen LogP contribution in [0.4, 0.5) is 0 Å². The van der Waals surface area contributed by atoms with Gasteiger partial charge in [-0.05, 0) is 62.7 Å². The van der Waals surface area contributed by atoms with E-state index >= 15 is 0 Å². The first-order valence-electron chi connectivity index (χ1n) is 13.8. The minimum Gasteiger partial charge on any atom is -0.494 e. The lowest BCUT2D eigenvalue weighted by molar-refractivity contribution is -0.0592. The number of carboxylic acids is 1. The van der Waals surface area contributed by atoms with E-state index in [4.69, 9.17) is 35.8 Å². The highest BCUT2D eigenvalue weighted by Gasteiger charge is 2.27. The minimum atomic E-state index is -0.994. The summed E-state index contributed by atoms with van der Waals surface area (Å²) in [5.74, 6) is 1.28. The number of nitrogens with zero attached hydrogens (tertiary/aromatic N) is 5. The molecule has 0 radical (unpaired) electrons. The molecule has 1 N–H and O–H groups in total. The minimum absolute atomic E-state index is 0.104. The Labute approximate surface area is 242 Å². The molecule has 0 spiro atoms. The third-order valence-corrected chi connectivity index (χ3v) is 8.04. The van der Waals surface area contributed by atoms with Crippen LogP contribution in [0.25, 0.3) is 11.0 Å². The molecule has 0 unspecified atom stereocenters. The van der Waals surface area contributed by atoms with E-state index in [-0.39, 0.29) is 11.7 Å². The molecule has 4 aromatic rings. The number of carboxylic acid groups (broad SMARTS) is 1. The van der Waals surface area contributed by atoms with E-state index in [2.05, 4.69) is 20.5 Å². The van der Waals surface area contributed by atoms with E-state index in [0.717, 1.165) is 61.7 Å². The second-order valence-corrected chi connectivity index (χ2v) is 10.9. The van der Waals surface area contributed by atoms with Crippen molar-refractivity contribution in [1.29, 1.82) is 0 Å². The van der Waals surface area contributed by atoms with E-state index in [1.54, 1.807) is 25.4 Å². The molecule has 0 saturated carbocycles. The molecule has 0 amide bonds. The normalized spacial score (nSPS) is 17.9. The molecular weight excluding hydrogens is 546 g/mol. The third-order valence-electron chi connectivity index (χ3n) is 7.82. The van der Waals surface area contributed by atoms with Crippen LogP contribution in [-0.4, -0.2) is 68.4 Å². The highest BCUT2D eigenvalue weighted by molar-refractivity contribution is 6.30. The summed E-state index contributed by atoms with van der Waals surface area (Å²) in [5.41, 5.74) is 3.45. The fourth-order valence-corrected chi connectivity index (χ4v) is 5.55. The molecule has 2 aliphatic rings. The van der Waals surface area contributed by atoms with Crippen LogP contribution in [0.1, 0.15) is 52.8 Å². The van der Waals surface area contributed by atoms with Gasteiger partial charge in [0.2, 0.25) is 5.88 Å². The number of methoxy groups -OCH3 is 1. The van der Waals surface area contributed by atoms with Crippen LogP contribution in [0.5, 0.6) is 11.6 Å². The number of aromatic carboxylic acids is 1. The Balaban J connectivity index is 1.14. The topological polar surface area (TPSA) is 112 Å². The Kier molecular flexibility index (Phi) is 8.04. The number of hydrogen-bond donors (Lipinski definition) is 1. The zero-order valence-electron chi connectivity index (χ0n) is 22.8. The maximum atomic E-state index is 11.8. The molecule has 41 heavy (non-hydrogen) atoms. The molecule has 6 rings (SSSR count). The van der Waals surface area contributed by atoms with Gasteiger partial charge in [0.05, 0.1) is 48.1 Å². The van der Waals surface area contributed by atoms with Crippen LogP contribution in [0.15, 0.2) is 48.7 Å². The number of aromatic nitrogens is 4. The summed E-state index contributed by atoms with van der Waals surface area (Å²) in [5, 5.41) is 10.2. The van der Waals surface area contributed by atoms with E-state index in [9.17, 15) is 9.90 Å². The molecule has 5 heterocycles. The molecule has 214 valence electrons. The Hall–Kier alpha value is -3.73. The zero-order valence-corrected chi connectivity index (χ0v) is 23.6. The molecule has 0 bridgehead atoms. The number of likely N-dealkylation sites (tertiary alicyclic amines) is 1. The summed E-state index contributed by atoms with van der Waals surface area (Å²) in [6.07, 6.45) is 4.62. The van der Waals surface area contributed by atoms with Crippen molar-refractivity contribution < 1.29 is 24.1 Å². The maximum Gasteiger partial charge on any atom is 0.335 e. The number of rotatable bonds is 10. The molecule has 1 aromatic carbocycles. The molecule has 1 atom stereocenters. The van der Waals surface area contributed by atoms with Gasteiger partial charge in [-0.25, -0.2) is 14.8 Å². The second kappa shape index (κ2) is 12.0. The van der Waals surface area contributed by atoms with Crippen molar-refractivity contribution in [2.45, 2.75) is 51.0 Å². The first kappa shape index (κ1) is 27.4. The summed E-state index contributed by atoms with van der Waals surface area (Å²) in [4.78, 5) is 28.2. The quantitative estimate of drug-likeness (QED) is 0.280. The van der Waals surface area contributed by atoms with Crippen LogP contribution < -0.4 is 9.47 Å². The van der Waals surface area contributed by atoms with E-state index < -0.39 is 5.97 Å². The number of hydrogen-bond acceptors (Lipinski definition) is 8. The monoisotopic (exact) mass is 577 g/mol. The average molecular weight is 578 g/mol. The SMILES string of the molecule is COc1cc(C(=O)O)cc2c1nc(CN1CCC(c3cccc(OCc4ccc(Cl)cn4)n3)CC1)n2C[C@@H]1CCO1. The molecular formula is C30H32ClN5O5. The molecule has 2 saturated heterocycles. The lowest BCUT2D eigenvalue weighted by Crippen LogP contribution is -2.35. The number of ether oxygens (including phenoxy) is 3. The van der Waals surface area contributed by atoms with Crippen molar-refractivity contribution in [1.82, 2.24) is 24.4 Å². The van der Waals surface area contributed by atoms with Gasteiger partial charge in [-0.1, -0.05) is 17.7 Å². The van der Waals surface area contributed by atoms with Gasteiger partial charge in [0.1, 0.15) is 23.7 Å². The van der Waals surface area contributed by atoms with E-state index in [1.165, 1.54) is 6.07 Å². The largest absolute Gasteiger partial charge is 0.494 e. The number of benzene rings is 1. The van der Waals surface area contributed by atoms with Crippen LogP contribution in [-0.2, 0) is 24.4 Å². The predicted molar refractivity (Wildman–Crippen MR) is 153 cm³/mol.